The van der Waals surface area contributed by atoms with Crippen LogP contribution in [0.3, 0.4) is 0 Å². The Balaban J connectivity index is 0.00000363. The Morgan fingerprint density at radius 2 is 1.72 bits per heavy atom. The molecule has 0 unspecified atom stereocenters. The fraction of sp³-hybridized carbons (Fsp3) is 0.458. The molecule has 0 aromatic heterocycles. The molecule has 0 bridgehead atoms. The smallest absolute Gasteiger partial charge is 0.194 e. The van der Waals surface area contributed by atoms with Crippen molar-refractivity contribution in [2.24, 2.45) is 4.99 Å². The second-order valence-electron chi connectivity index (χ2n) is 8.47. The third-order valence-corrected chi connectivity index (χ3v) is 7.99. The molecule has 0 amide bonds. The third kappa shape index (κ3) is 7.18. The van der Waals surface area contributed by atoms with Gasteiger partial charge in [-0.1, -0.05) is 54.6 Å². The molecule has 0 atom stereocenters. The summed E-state index contributed by atoms with van der Waals surface area (Å²) in [5, 5.41) is 3.31. The first kappa shape index (κ1) is 26.6. The summed E-state index contributed by atoms with van der Waals surface area (Å²) < 4.78 is 29.7. The monoisotopic (exact) mass is 571 g/mol. The molecule has 1 aliphatic heterocycles. The number of guanidine groups is 1. The van der Waals surface area contributed by atoms with Gasteiger partial charge in [0, 0.05) is 19.6 Å². The van der Waals surface area contributed by atoms with E-state index in [0.717, 1.165) is 29.2 Å². The molecule has 1 fully saturated rings. The highest BCUT2D eigenvalue weighted by Gasteiger charge is 2.40. The Kier molecular flexibility index (Phi) is 9.97. The molecular weight excluding hydrogens is 537 g/mol. The number of halogens is 1. The summed E-state index contributed by atoms with van der Waals surface area (Å²) in [6.45, 7) is 8.89. The lowest BCUT2D eigenvalue weighted by molar-refractivity contribution is 0.107. The highest BCUT2D eigenvalue weighted by molar-refractivity contribution is 14.0. The molecule has 6 nitrogen and oxygen atoms in total. The third-order valence-electron chi connectivity index (χ3n) is 5.46. The zero-order valence-corrected chi connectivity index (χ0v) is 22.2. The van der Waals surface area contributed by atoms with Crippen LogP contribution >= 0.6 is 24.0 Å². The lowest BCUT2D eigenvalue weighted by Crippen LogP contribution is -2.57. The van der Waals surface area contributed by atoms with E-state index in [-0.39, 0.29) is 29.7 Å². The van der Waals surface area contributed by atoms with Crippen LogP contribution in [-0.4, -0.2) is 49.4 Å². The molecule has 8 heteroatoms. The van der Waals surface area contributed by atoms with Crippen LogP contribution in [0.2, 0.25) is 0 Å². The predicted molar refractivity (Wildman–Crippen MR) is 141 cm³/mol. The quantitative estimate of drug-likeness (QED) is 0.309. The fourth-order valence-corrected chi connectivity index (χ4v) is 4.96. The normalized spacial score (nSPS) is 17.5. The van der Waals surface area contributed by atoms with Crippen LogP contribution in [0.1, 0.15) is 37.5 Å². The Hall–Kier alpha value is -1.65. The Labute approximate surface area is 209 Å². The van der Waals surface area contributed by atoms with Crippen molar-refractivity contribution in [3.63, 3.8) is 0 Å². The van der Waals surface area contributed by atoms with Crippen molar-refractivity contribution in [1.29, 1.82) is 0 Å². The van der Waals surface area contributed by atoms with E-state index in [1.165, 1.54) is 0 Å². The molecule has 1 heterocycles. The largest absolute Gasteiger partial charge is 0.372 e. The van der Waals surface area contributed by atoms with Crippen LogP contribution in [0, 0.1) is 0 Å². The topological polar surface area (TPSA) is 71.0 Å². The second kappa shape index (κ2) is 12.0. The Bertz CT molecular complexity index is 995. The highest BCUT2D eigenvalue weighted by atomic mass is 127. The van der Waals surface area contributed by atoms with Crippen molar-refractivity contribution in [2.75, 3.05) is 25.4 Å². The summed E-state index contributed by atoms with van der Waals surface area (Å²) in [5.41, 5.74) is 3.36. The van der Waals surface area contributed by atoms with Gasteiger partial charge < -0.3 is 15.0 Å². The number of hydrogen-bond acceptors (Lipinski definition) is 4. The highest BCUT2D eigenvalue weighted by Crippen LogP contribution is 2.24. The minimum atomic E-state index is -3.08. The molecule has 0 aliphatic carbocycles. The lowest BCUT2D eigenvalue weighted by Gasteiger charge is -2.39. The maximum Gasteiger partial charge on any atom is 0.194 e. The van der Waals surface area contributed by atoms with Gasteiger partial charge >= 0.3 is 0 Å². The van der Waals surface area contributed by atoms with E-state index in [4.69, 9.17) is 9.73 Å². The average molecular weight is 572 g/mol. The van der Waals surface area contributed by atoms with Crippen molar-refractivity contribution in [2.45, 2.75) is 45.3 Å². The average Bonchev–Trinajstić information content (AvgIpc) is 2.74. The molecule has 0 saturated carbocycles. The van der Waals surface area contributed by atoms with Crippen LogP contribution in [0.4, 0.5) is 0 Å². The van der Waals surface area contributed by atoms with Gasteiger partial charge in [0.2, 0.25) is 0 Å². The minimum Gasteiger partial charge on any atom is -0.372 e. The lowest BCUT2D eigenvalue weighted by atomic mass is 10.1. The van der Waals surface area contributed by atoms with Gasteiger partial charge in [0.05, 0.1) is 30.3 Å². The fourth-order valence-electron chi connectivity index (χ4n) is 3.60. The van der Waals surface area contributed by atoms with E-state index in [1.54, 1.807) is 13.8 Å². The van der Waals surface area contributed by atoms with Crippen LogP contribution in [0.25, 0.3) is 0 Å². The first-order valence-corrected chi connectivity index (χ1v) is 12.4. The van der Waals surface area contributed by atoms with Gasteiger partial charge in [-0.3, -0.25) is 0 Å². The van der Waals surface area contributed by atoms with Gasteiger partial charge in [-0.2, -0.15) is 0 Å². The van der Waals surface area contributed by atoms with Gasteiger partial charge in [0.1, 0.15) is 0 Å². The molecule has 1 saturated heterocycles. The van der Waals surface area contributed by atoms with Gasteiger partial charge in [-0.25, -0.2) is 13.4 Å². The zero-order valence-electron chi connectivity index (χ0n) is 19.1. The maximum atomic E-state index is 12.3. The number of benzene rings is 2. The number of hydrogen-bond donors (Lipinski definition) is 1. The zero-order chi connectivity index (χ0) is 22.3. The summed E-state index contributed by atoms with van der Waals surface area (Å²) in [6.07, 6.45) is 0. The van der Waals surface area contributed by atoms with Crippen LogP contribution in [0.15, 0.2) is 59.6 Å². The van der Waals surface area contributed by atoms with Gasteiger partial charge in [0.15, 0.2) is 15.8 Å². The molecule has 2 aromatic rings. The molecule has 0 spiro atoms. The number of ether oxygens (including phenoxy) is 1. The SMILES string of the molecule is CCNC(=NCc1cccc(COCc2ccccc2)c1)N1CCS(=O)(=O)C(C)(C)C1.I. The summed E-state index contributed by atoms with van der Waals surface area (Å²) in [7, 11) is -3.08. The number of nitrogens with zero attached hydrogens (tertiary/aromatic N) is 2. The molecule has 1 aliphatic rings. The van der Waals surface area contributed by atoms with Crippen LogP contribution < -0.4 is 5.32 Å². The van der Waals surface area contributed by atoms with Gasteiger partial charge in [-0.05, 0) is 37.5 Å². The Morgan fingerprint density at radius 3 is 2.41 bits per heavy atom. The van der Waals surface area contributed by atoms with E-state index < -0.39 is 14.6 Å². The van der Waals surface area contributed by atoms with Crippen molar-refractivity contribution >= 4 is 39.8 Å². The van der Waals surface area contributed by atoms with Crippen LogP contribution in [0.5, 0.6) is 0 Å². The number of sulfone groups is 1. The van der Waals surface area contributed by atoms with E-state index >= 15 is 0 Å². The molecule has 3 rings (SSSR count). The van der Waals surface area contributed by atoms with Gasteiger partial charge in [0.25, 0.3) is 0 Å². The number of rotatable bonds is 7. The summed E-state index contributed by atoms with van der Waals surface area (Å²) in [6, 6.07) is 18.4. The maximum absolute atomic E-state index is 12.3. The first-order valence-electron chi connectivity index (χ1n) is 10.8. The summed E-state index contributed by atoms with van der Waals surface area (Å²) in [4.78, 5) is 6.84. The van der Waals surface area contributed by atoms with E-state index in [9.17, 15) is 8.42 Å². The Morgan fingerprint density at radius 1 is 1.06 bits per heavy atom. The molecule has 0 radical (unpaired) electrons. The van der Waals surface area contributed by atoms with Crippen molar-refractivity contribution in [3.8, 4) is 0 Å². The van der Waals surface area contributed by atoms with E-state index in [0.29, 0.717) is 32.8 Å². The summed E-state index contributed by atoms with van der Waals surface area (Å²) in [5.74, 6) is 0.912. The molecule has 1 N–H and O–H groups in total. The summed E-state index contributed by atoms with van der Waals surface area (Å²) >= 11 is 0. The standard InChI is InChI=1S/C24H33N3O3S.HI/c1-4-25-23(27-13-14-31(28,29)24(2,3)19-27)26-16-21-11-8-12-22(15-21)18-30-17-20-9-6-5-7-10-20;/h5-12,15H,4,13-14,16-19H2,1-3H3,(H,25,26);1H. The van der Waals surface area contributed by atoms with Crippen molar-refractivity contribution in [3.05, 3.63) is 71.3 Å². The minimum absolute atomic E-state index is 0. The number of aliphatic imine (C=N–C) groups is 1. The van der Waals surface area contributed by atoms with Crippen molar-refractivity contribution in [1.82, 2.24) is 10.2 Å². The molecule has 176 valence electrons. The van der Waals surface area contributed by atoms with E-state index in [1.807, 2.05) is 31.2 Å². The van der Waals surface area contributed by atoms with E-state index in [2.05, 4.69) is 40.5 Å². The van der Waals surface area contributed by atoms with Crippen LogP contribution in [-0.2, 0) is 34.3 Å². The van der Waals surface area contributed by atoms with Crippen molar-refractivity contribution < 1.29 is 13.2 Å². The van der Waals surface area contributed by atoms with Gasteiger partial charge in [-0.15, -0.1) is 24.0 Å². The first-order chi connectivity index (χ1) is 14.8. The second-order valence-corrected chi connectivity index (χ2v) is 11.2. The molecule has 2 aromatic carbocycles. The number of nitrogens with one attached hydrogen (secondary N) is 1. The molecular formula is C24H34IN3O3S. The predicted octanol–water partition coefficient (Wildman–Crippen LogP) is 4.00. The molecule has 32 heavy (non-hydrogen) atoms.